The van der Waals surface area contributed by atoms with Gasteiger partial charge < -0.3 is 20.4 Å². The zero-order chi connectivity index (χ0) is 15.4. The quantitative estimate of drug-likeness (QED) is 0.683. The Balaban J connectivity index is 1.21. The number of urea groups is 1. The normalized spacial score (nSPS) is 25.7. The smallest absolute Gasteiger partial charge is 0.314 e. The van der Waals surface area contributed by atoms with Crippen LogP contribution < -0.4 is 10.6 Å². The molecule has 2 N–H and O–H groups in total. The Hall–Kier alpha value is -1.30. The highest BCUT2D eigenvalue weighted by molar-refractivity contribution is 5.78. The monoisotopic (exact) mass is 308 g/mol. The van der Waals surface area contributed by atoms with Crippen LogP contribution in [0.4, 0.5) is 4.79 Å². The van der Waals surface area contributed by atoms with Crippen molar-refractivity contribution in [3.8, 4) is 0 Å². The van der Waals surface area contributed by atoms with Gasteiger partial charge >= 0.3 is 6.03 Å². The predicted molar refractivity (Wildman–Crippen MR) is 84.5 cm³/mol. The molecule has 22 heavy (non-hydrogen) atoms. The van der Waals surface area contributed by atoms with Gasteiger partial charge in [-0.1, -0.05) is 0 Å². The molecule has 3 aliphatic rings. The van der Waals surface area contributed by atoms with Crippen molar-refractivity contribution < 1.29 is 9.59 Å². The maximum absolute atomic E-state index is 11.8. The van der Waals surface area contributed by atoms with E-state index < -0.39 is 0 Å². The summed E-state index contributed by atoms with van der Waals surface area (Å²) in [6, 6.07) is 0.768. The van der Waals surface area contributed by atoms with E-state index in [-0.39, 0.29) is 11.9 Å². The molecular formula is C16H28N4O2. The van der Waals surface area contributed by atoms with Crippen molar-refractivity contribution in [3.63, 3.8) is 0 Å². The first-order valence-corrected chi connectivity index (χ1v) is 8.76. The van der Waals surface area contributed by atoms with Crippen LogP contribution in [-0.4, -0.2) is 67.0 Å². The van der Waals surface area contributed by atoms with Gasteiger partial charge in [0.1, 0.15) is 0 Å². The largest absolute Gasteiger partial charge is 0.343 e. The first-order chi connectivity index (χ1) is 10.7. The maximum Gasteiger partial charge on any atom is 0.314 e. The van der Waals surface area contributed by atoms with E-state index in [2.05, 4.69) is 15.5 Å². The second-order valence-corrected chi connectivity index (χ2v) is 6.86. The number of amides is 3. The zero-order valence-corrected chi connectivity index (χ0v) is 13.4. The van der Waals surface area contributed by atoms with E-state index in [1.165, 1.54) is 25.8 Å². The molecule has 6 heteroatoms. The van der Waals surface area contributed by atoms with Gasteiger partial charge in [-0.05, 0) is 44.6 Å². The first-order valence-electron chi connectivity index (χ1n) is 8.76. The van der Waals surface area contributed by atoms with Crippen LogP contribution in [0.2, 0.25) is 0 Å². The second-order valence-electron chi connectivity index (χ2n) is 6.86. The van der Waals surface area contributed by atoms with Crippen molar-refractivity contribution in [1.82, 2.24) is 20.4 Å². The molecule has 0 spiro atoms. The van der Waals surface area contributed by atoms with Crippen molar-refractivity contribution >= 4 is 11.9 Å². The summed E-state index contributed by atoms with van der Waals surface area (Å²) in [6.45, 7) is 5.39. The molecule has 1 unspecified atom stereocenters. The molecule has 2 aliphatic heterocycles. The van der Waals surface area contributed by atoms with E-state index in [0.29, 0.717) is 18.9 Å². The van der Waals surface area contributed by atoms with E-state index in [1.54, 1.807) is 0 Å². The topological polar surface area (TPSA) is 64.7 Å². The number of hydrogen-bond donors (Lipinski definition) is 2. The number of nitrogens with zero attached hydrogens (tertiary/aromatic N) is 2. The number of rotatable bonds is 7. The second kappa shape index (κ2) is 7.31. The SMILES string of the molecule is O=C(NCCCN1CCCC1=O)NCC1CCN(C2CC2)C1. The fourth-order valence-electron chi connectivity index (χ4n) is 3.51. The molecule has 0 aromatic heterocycles. The standard InChI is InChI=1S/C16H28N4O2/c21-15-3-1-8-19(15)9-2-7-17-16(22)18-11-13-6-10-20(12-13)14-4-5-14/h13-14H,1-12H2,(H2,17,18,22). The first kappa shape index (κ1) is 15.6. The number of nitrogens with one attached hydrogen (secondary N) is 2. The molecule has 3 rings (SSSR count). The van der Waals surface area contributed by atoms with Gasteiger partial charge in [-0.2, -0.15) is 0 Å². The summed E-state index contributed by atoms with van der Waals surface area (Å²) in [7, 11) is 0. The molecule has 3 amide bonds. The van der Waals surface area contributed by atoms with Gasteiger partial charge in [0.15, 0.2) is 0 Å². The lowest BCUT2D eigenvalue weighted by molar-refractivity contribution is -0.127. The molecule has 6 nitrogen and oxygen atoms in total. The van der Waals surface area contributed by atoms with E-state index >= 15 is 0 Å². The van der Waals surface area contributed by atoms with Crippen molar-refractivity contribution in [3.05, 3.63) is 0 Å². The van der Waals surface area contributed by atoms with Gasteiger partial charge in [-0.25, -0.2) is 4.79 Å². The van der Waals surface area contributed by atoms with Crippen molar-refractivity contribution in [2.75, 3.05) is 39.3 Å². The molecule has 1 aliphatic carbocycles. The molecule has 1 saturated carbocycles. The van der Waals surface area contributed by atoms with Crippen LogP contribution in [0.1, 0.15) is 38.5 Å². The van der Waals surface area contributed by atoms with Gasteiger partial charge in [-0.3, -0.25) is 4.79 Å². The van der Waals surface area contributed by atoms with Gasteiger partial charge in [0, 0.05) is 45.2 Å². The van der Waals surface area contributed by atoms with E-state index in [9.17, 15) is 9.59 Å². The summed E-state index contributed by atoms with van der Waals surface area (Å²) in [5.41, 5.74) is 0. The summed E-state index contributed by atoms with van der Waals surface area (Å²) in [5, 5.41) is 5.87. The minimum Gasteiger partial charge on any atom is -0.343 e. The summed E-state index contributed by atoms with van der Waals surface area (Å²) in [5.74, 6) is 0.861. The highest BCUT2D eigenvalue weighted by Crippen LogP contribution is 2.31. The van der Waals surface area contributed by atoms with Crippen molar-refractivity contribution in [2.45, 2.75) is 44.6 Å². The molecule has 2 heterocycles. The van der Waals surface area contributed by atoms with E-state index in [1.807, 2.05) is 4.90 Å². The molecule has 0 aromatic carbocycles. The van der Waals surface area contributed by atoms with Crippen LogP contribution in [0.25, 0.3) is 0 Å². The summed E-state index contributed by atoms with van der Waals surface area (Å²) in [4.78, 5) is 27.7. The molecule has 0 radical (unpaired) electrons. The van der Waals surface area contributed by atoms with Crippen LogP contribution in [0.5, 0.6) is 0 Å². The summed E-state index contributed by atoms with van der Waals surface area (Å²) in [6.07, 6.45) is 6.42. The maximum atomic E-state index is 11.8. The predicted octanol–water partition coefficient (Wildman–Crippen LogP) is 0.782. The van der Waals surface area contributed by atoms with Crippen LogP contribution in [-0.2, 0) is 4.79 Å². The fourth-order valence-corrected chi connectivity index (χ4v) is 3.51. The Bertz CT molecular complexity index is 411. The fraction of sp³-hybridized carbons (Fsp3) is 0.875. The molecule has 0 aromatic rings. The Morgan fingerprint density at radius 2 is 2.05 bits per heavy atom. The van der Waals surface area contributed by atoms with Crippen molar-refractivity contribution in [2.24, 2.45) is 5.92 Å². The van der Waals surface area contributed by atoms with Gasteiger partial charge in [0.05, 0.1) is 0 Å². The minimum atomic E-state index is -0.0716. The molecule has 3 fully saturated rings. The third kappa shape index (κ3) is 4.35. The number of hydrogen-bond acceptors (Lipinski definition) is 3. The van der Waals surface area contributed by atoms with Crippen molar-refractivity contribution in [1.29, 1.82) is 0 Å². The average Bonchev–Trinajstić information content (AvgIpc) is 3.12. The lowest BCUT2D eigenvalue weighted by atomic mass is 10.1. The lowest BCUT2D eigenvalue weighted by Gasteiger charge is -2.16. The minimum absolute atomic E-state index is 0.0716. The third-order valence-electron chi connectivity index (χ3n) is 4.99. The molecule has 0 bridgehead atoms. The number of carbonyl (C=O) groups is 2. The Labute approximate surface area is 132 Å². The van der Waals surface area contributed by atoms with Crippen LogP contribution in [0.15, 0.2) is 0 Å². The summed E-state index contributed by atoms with van der Waals surface area (Å²) >= 11 is 0. The van der Waals surface area contributed by atoms with E-state index in [0.717, 1.165) is 45.1 Å². The van der Waals surface area contributed by atoms with Gasteiger partial charge in [-0.15, -0.1) is 0 Å². The molecule has 2 saturated heterocycles. The highest BCUT2D eigenvalue weighted by atomic mass is 16.2. The van der Waals surface area contributed by atoms with E-state index in [4.69, 9.17) is 0 Å². The zero-order valence-electron chi connectivity index (χ0n) is 13.4. The summed E-state index contributed by atoms with van der Waals surface area (Å²) < 4.78 is 0. The van der Waals surface area contributed by atoms with Crippen LogP contribution in [0, 0.1) is 5.92 Å². The lowest BCUT2D eigenvalue weighted by Crippen LogP contribution is -2.40. The number of carbonyl (C=O) groups excluding carboxylic acids is 2. The average molecular weight is 308 g/mol. The Morgan fingerprint density at radius 3 is 2.77 bits per heavy atom. The third-order valence-corrected chi connectivity index (χ3v) is 4.99. The van der Waals surface area contributed by atoms with Gasteiger partial charge in [0.2, 0.25) is 5.91 Å². The Morgan fingerprint density at radius 1 is 1.18 bits per heavy atom. The van der Waals surface area contributed by atoms with Crippen LogP contribution in [0.3, 0.4) is 0 Å². The highest BCUT2D eigenvalue weighted by Gasteiger charge is 2.34. The molecule has 124 valence electrons. The Kier molecular flexibility index (Phi) is 5.18. The van der Waals surface area contributed by atoms with Crippen LogP contribution >= 0.6 is 0 Å². The van der Waals surface area contributed by atoms with Gasteiger partial charge in [0.25, 0.3) is 0 Å². The molecule has 1 atom stereocenters. The number of likely N-dealkylation sites (tertiary alicyclic amines) is 2. The molecular weight excluding hydrogens is 280 g/mol.